The minimum absolute atomic E-state index is 0.0340. The second-order valence-electron chi connectivity index (χ2n) is 11.9. The van der Waals surface area contributed by atoms with Crippen LogP contribution in [0.25, 0.3) is 0 Å². The van der Waals surface area contributed by atoms with Gasteiger partial charge in [0.05, 0.1) is 6.61 Å². The molecule has 0 radical (unpaired) electrons. The third kappa shape index (κ3) is 13.0. The van der Waals surface area contributed by atoms with Crippen molar-refractivity contribution in [3.8, 4) is 11.5 Å². The molecule has 0 saturated carbocycles. The Morgan fingerprint density at radius 3 is 2.38 bits per heavy atom. The molecule has 0 aliphatic carbocycles. The number of aliphatic carboxylic acids is 1. The van der Waals surface area contributed by atoms with E-state index < -0.39 is 82.6 Å². The fourth-order valence-corrected chi connectivity index (χ4v) is 5.72. The first-order valence-corrected chi connectivity index (χ1v) is 17.7. The number of esters is 1. The lowest BCUT2D eigenvalue weighted by molar-refractivity contribution is -0.271. The van der Waals surface area contributed by atoms with E-state index in [0.717, 1.165) is 0 Å². The maximum Gasteiger partial charge on any atom is 0.335 e. The zero-order valence-electron chi connectivity index (χ0n) is 28.0. The van der Waals surface area contributed by atoms with Crippen molar-refractivity contribution in [3.63, 3.8) is 0 Å². The number of carbonyl (C=O) groups is 5. The van der Waals surface area contributed by atoms with E-state index in [1.165, 1.54) is 42.2 Å². The number of nitrogens with zero attached hydrogens (tertiary/aromatic N) is 1. The lowest BCUT2D eigenvalue weighted by atomic mass is 9.99. The van der Waals surface area contributed by atoms with Gasteiger partial charge in [0.15, 0.2) is 6.10 Å². The summed E-state index contributed by atoms with van der Waals surface area (Å²) >= 11 is 0. The Morgan fingerprint density at radius 2 is 1.75 bits per heavy atom. The molecule has 0 bridgehead atoms. The van der Waals surface area contributed by atoms with Gasteiger partial charge in [0.25, 0.3) is 10.1 Å². The summed E-state index contributed by atoms with van der Waals surface area (Å²) < 4.78 is 53.9. The molecular weight excluding hydrogens is 718 g/mol. The van der Waals surface area contributed by atoms with Crippen LogP contribution >= 0.6 is 0 Å². The fraction of sp³-hybridized carbons (Fsp3) is 0.581. The molecule has 20 nitrogen and oxygen atoms in total. The zero-order valence-corrected chi connectivity index (χ0v) is 28.8. The number of benzene rings is 1. The number of hydrogen-bond acceptors (Lipinski definition) is 15. The summed E-state index contributed by atoms with van der Waals surface area (Å²) in [5.74, 6) is -5.10. The number of ether oxygens (including phenoxy) is 4. The predicted octanol–water partition coefficient (Wildman–Crippen LogP) is -2.44. The average Bonchev–Trinajstić information content (AvgIpc) is 3.38. The smallest absolute Gasteiger partial charge is 0.335 e. The molecule has 3 rings (SSSR count). The monoisotopic (exact) mass is 761 g/mol. The van der Waals surface area contributed by atoms with Crippen LogP contribution in [0.3, 0.4) is 0 Å². The summed E-state index contributed by atoms with van der Waals surface area (Å²) in [5, 5.41) is 54.0. The summed E-state index contributed by atoms with van der Waals surface area (Å²) in [5.41, 5.74) is 0.352. The molecule has 1 fully saturated rings. The Kier molecular flexibility index (Phi) is 15.7. The van der Waals surface area contributed by atoms with Gasteiger partial charge >= 0.3 is 11.9 Å². The van der Waals surface area contributed by atoms with E-state index in [2.05, 4.69) is 10.6 Å². The van der Waals surface area contributed by atoms with Crippen LogP contribution in [0.15, 0.2) is 30.4 Å². The van der Waals surface area contributed by atoms with Crippen molar-refractivity contribution in [2.45, 2.75) is 88.6 Å². The van der Waals surface area contributed by atoms with Gasteiger partial charge in [0, 0.05) is 44.1 Å². The van der Waals surface area contributed by atoms with Crippen LogP contribution in [0.2, 0.25) is 0 Å². The molecule has 2 aliphatic heterocycles. The van der Waals surface area contributed by atoms with Crippen molar-refractivity contribution < 1.29 is 81.4 Å². The highest BCUT2D eigenvalue weighted by atomic mass is 32.2. The number of aliphatic hydroxyl groups is 4. The lowest BCUT2D eigenvalue weighted by Crippen LogP contribution is -2.61. The minimum atomic E-state index is -4.68. The van der Waals surface area contributed by atoms with Crippen LogP contribution in [0.1, 0.15) is 44.6 Å². The average molecular weight is 762 g/mol. The standard InChI is InChI=1S/C31H43N3O17S/c1-17(35)49-15-18-7-8-19(50-31-27(41)25(39)26(40)28(51-31)30(43)44)14-21(18)48-13-5-11-32-29(42)20(16-52(45,46)47)33-22(36)6-3-2-4-12-34-23(37)9-10-24(34)38/h7-10,14,20,23,25-28,31,37,39-41H,2-6,11-13,15-16H2,1H3,(H,32,42)(H,33,36)(H,43,44)(H,45,46,47)/t20-,23?,25-,26-,27+,28-,31+/m0/s1. The third-order valence-corrected chi connectivity index (χ3v) is 8.51. The van der Waals surface area contributed by atoms with Gasteiger partial charge in [-0.3, -0.25) is 23.7 Å². The van der Waals surface area contributed by atoms with Gasteiger partial charge in [-0.2, -0.15) is 8.42 Å². The number of unbranched alkanes of at least 4 members (excludes halogenated alkanes) is 2. The van der Waals surface area contributed by atoms with Gasteiger partial charge in [-0.15, -0.1) is 0 Å². The van der Waals surface area contributed by atoms with Crippen LogP contribution in [0.4, 0.5) is 0 Å². The van der Waals surface area contributed by atoms with Gasteiger partial charge in [-0.25, -0.2) is 4.79 Å². The number of nitrogens with one attached hydrogen (secondary N) is 2. The number of carboxylic acid groups (broad SMARTS) is 1. The Morgan fingerprint density at radius 1 is 1.02 bits per heavy atom. The molecule has 3 amide bonds. The Balaban J connectivity index is 1.52. The SMILES string of the molecule is CC(=O)OCc1ccc(O[C@@H]2O[C@H](C(=O)O)[C@@H](O)[C@H](O)[C@H]2O)cc1OCCCNC(=O)[C@H](CS(=O)(=O)O)NC(=O)CCCCCN1C(=O)C=CC1O. The summed E-state index contributed by atoms with van der Waals surface area (Å²) in [6, 6.07) is 2.47. The Labute approximate surface area is 298 Å². The van der Waals surface area contributed by atoms with Gasteiger partial charge < -0.3 is 60.0 Å². The highest BCUT2D eigenvalue weighted by molar-refractivity contribution is 7.85. The second-order valence-corrected chi connectivity index (χ2v) is 13.4. The van der Waals surface area contributed by atoms with Gasteiger partial charge in [-0.05, 0) is 37.5 Å². The lowest BCUT2D eigenvalue weighted by Gasteiger charge is -2.38. The maximum absolute atomic E-state index is 12.8. The van der Waals surface area contributed by atoms with Crippen molar-refractivity contribution in [1.82, 2.24) is 15.5 Å². The number of rotatable bonds is 20. The molecule has 21 heteroatoms. The molecule has 2 aliphatic rings. The molecule has 1 saturated heterocycles. The molecule has 2 heterocycles. The first-order valence-electron chi connectivity index (χ1n) is 16.1. The molecule has 7 atom stereocenters. The van der Waals surface area contributed by atoms with Crippen LogP contribution in [0.5, 0.6) is 11.5 Å². The molecule has 1 unspecified atom stereocenters. The van der Waals surface area contributed by atoms with E-state index in [-0.39, 0.29) is 56.6 Å². The second kappa shape index (κ2) is 19.5. The van der Waals surface area contributed by atoms with Crippen LogP contribution < -0.4 is 20.1 Å². The fourth-order valence-electron chi connectivity index (χ4n) is 5.06. The normalized spacial score (nSPS) is 23.5. The number of amides is 3. The van der Waals surface area contributed by atoms with E-state index in [4.69, 9.17) is 18.9 Å². The predicted molar refractivity (Wildman–Crippen MR) is 174 cm³/mol. The van der Waals surface area contributed by atoms with Crippen molar-refractivity contribution in [1.29, 1.82) is 0 Å². The van der Waals surface area contributed by atoms with Crippen LogP contribution in [-0.2, 0) is 50.2 Å². The topological polar surface area (TPSA) is 305 Å². The van der Waals surface area contributed by atoms with Gasteiger partial charge in [-0.1, -0.05) is 6.42 Å². The zero-order chi connectivity index (χ0) is 38.6. The summed E-state index contributed by atoms with van der Waals surface area (Å²) in [6.07, 6.45) is -6.31. The number of carboxylic acids is 1. The maximum atomic E-state index is 12.8. The van der Waals surface area contributed by atoms with E-state index in [0.29, 0.717) is 24.8 Å². The number of aliphatic hydroxyl groups excluding tert-OH is 4. The largest absolute Gasteiger partial charge is 0.493 e. The molecule has 0 spiro atoms. The third-order valence-electron chi connectivity index (χ3n) is 7.76. The molecule has 52 heavy (non-hydrogen) atoms. The molecule has 1 aromatic rings. The minimum Gasteiger partial charge on any atom is -0.493 e. The summed E-state index contributed by atoms with van der Waals surface area (Å²) in [6.45, 7) is 1.05. The van der Waals surface area contributed by atoms with Crippen molar-refractivity contribution >= 4 is 39.8 Å². The van der Waals surface area contributed by atoms with Crippen LogP contribution in [-0.4, -0.2) is 141 Å². The van der Waals surface area contributed by atoms with Crippen LogP contribution in [0, 0.1) is 0 Å². The summed E-state index contributed by atoms with van der Waals surface area (Å²) in [7, 11) is -4.68. The molecule has 290 valence electrons. The van der Waals surface area contributed by atoms with Crippen molar-refractivity contribution in [3.05, 3.63) is 35.9 Å². The van der Waals surface area contributed by atoms with Gasteiger partial charge in [0.2, 0.25) is 24.0 Å². The first kappa shape index (κ1) is 42.0. The quantitative estimate of drug-likeness (QED) is 0.0389. The number of carbonyl (C=O) groups excluding carboxylic acids is 4. The Bertz CT molecular complexity index is 1570. The van der Waals surface area contributed by atoms with Gasteiger partial charge in [0.1, 0.15) is 54.4 Å². The highest BCUT2D eigenvalue weighted by Crippen LogP contribution is 2.30. The van der Waals surface area contributed by atoms with E-state index in [9.17, 15) is 62.5 Å². The number of hydrogen-bond donors (Lipinski definition) is 8. The highest BCUT2D eigenvalue weighted by Gasteiger charge is 2.48. The molecular formula is C31H43N3O17S. The molecule has 8 N–H and O–H groups in total. The molecule has 1 aromatic carbocycles. The first-order chi connectivity index (χ1) is 24.5. The van der Waals surface area contributed by atoms with E-state index in [1.807, 2.05) is 0 Å². The Hall–Kier alpha value is -4.38. The van der Waals surface area contributed by atoms with E-state index in [1.54, 1.807) is 0 Å². The van der Waals surface area contributed by atoms with Crippen molar-refractivity contribution in [2.75, 3.05) is 25.4 Å². The van der Waals surface area contributed by atoms with E-state index >= 15 is 0 Å². The van der Waals surface area contributed by atoms with Crippen molar-refractivity contribution in [2.24, 2.45) is 0 Å². The molecule has 0 aromatic heterocycles. The summed E-state index contributed by atoms with van der Waals surface area (Å²) in [4.78, 5) is 60.9.